The minimum absolute atomic E-state index is 0.164. The molecule has 1 amide bonds. The van der Waals surface area contributed by atoms with E-state index in [0.717, 1.165) is 30.8 Å². The van der Waals surface area contributed by atoms with Gasteiger partial charge >= 0.3 is 0 Å². The van der Waals surface area contributed by atoms with E-state index in [1.807, 2.05) is 30.3 Å². The van der Waals surface area contributed by atoms with Crippen molar-refractivity contribution in [3.8, 4) is 5.75 Å². The van der Waals surface area contributed by atoms with Crippen molar-refractivity contribution < 1.29 is 18.7 Å². The molecule has 1 aliphatic heterocycles. The molecular formula is C30H35F2N3O2. The quantitative estimate of drug-likeness (QED) is 0.428. The number of amides is 1. The Morgan fingerprint density at radius 3 is 2.41 bits per heavy atom. The summed E-state index contributed by atoms with van der Waals surface area (Å²) in [5.41, 5.74) is 2.84. The molecule has 4 rings (SSSR count). The van der Waals surface area contributed by atoms with Crippen LogP contribution in [0, 0.1) is 5.82 Å². The molecule has 1 aliphatic rings. The van der Waals surface area contributed by atoms with Gasteiger partial charge in [0.05, 0.1) is 12.7 Å². The molecule has 0 aliphatic carbocycles. The van der Waals surface area contributed by atoms with Gasteiger partial charge < -0.3 is 10.0 Å². The average Bonchev–Trinajstić information content (AvgIpc) is 2.89. The lowest BCUT2D eigenvalue weighted by molar-refractivity contribution is 0.0226. The average molecular weight is 508 g/mol. The summed E-state index contributed by atoms with van der Waals surface area (Å²) in [7, 11) is 1.64. The molecule has 0 spiro atoms. The van der Waals surface area contributed by atoms with E-state index in [4.69, 9.17) is 0 Å². The zero-order chi connectivity index (χ0) is 26.5. The molecule has 1 saturated heterocycles. The third-order valence-electron chi connectivity index (χ3n) is 7.21. The van der Waals surface area contributed by atoms with Gasteiger partial charge in [-0.2, -0.15) is 0 Å². The molecule has 3 aromatic rings. The topological polar surface area (TPSA) is 47.0 Å². The Labute approximate surface area is 217 Å². The zero-order valence-electron chi connectivity index (χ0n) is 21.6. The molecular weight excluding hydrogens is 472 g/mol. The Balaban J connectivity index is 1.68. The Hall–Kier alpha value is -3.29. The van der Waals surface area contributed by atoms with Gasteiger partial charge in [0.25, 0.3) is 5.91 Å². The number of nitrogens with zero attached hydrogens (tertiary/aromatic N) is 3. The molecule has 3 aromatic carbocycles. The molecule has 1 fully saturated rings. The van der Waals surface area contributed by atoms with Crippen molar-refractivity contribution in [2.24, 2.45) is 0 Å². The Morgan fingerprint density at radius 2 is 1.70 bits per heavy atom. The Bertz CT molecular complexity index is 1220. The molecule has 37 heavy (non-hydrogen) atoms. The molecule has 196 valence electrons. The number of phenolic OH excluding ortho intramolecular Hbond substituents is 1. The van der Waals surface area contributed by atoms with Crippen LogP contribution in [0.25, 0.3) is 0 Å². The van der Waals surface area contributed by atoms with E-state index in [1.165, 1.54) is 17.0 Å². The SMILES string of the molecule is C[C@@H]1CN(C(c2cccc(O)c2)c2cccc(C(=O)N(C)c3cccc(F)c3)c2)[C@@H](C)CN1CCCF. The second kappa shape index (κ2) is 11.8. The number of piperazine rings is 1. The first kappa shape index (κ1) is 26.8. The minimum Gasteiger partial charge on any atom is -0.508 e. The second-order valence-electron chi connectivity index (χ2n) is 9.90. The number of halogens is 2. The van der Waals surface area contributed by atoms with E-state index < -0.39 is 5.82 Å². The fourth-order valence-electron chi connectivity index (χ4n) is 5.27. The summed E-state index contributed by atoms with van der Waals surface area (Å²) in [5, 5.41) is 10.3. The van der Waals surface area contributed by atoms with Crippen LogP contribution in [0.4, 0.5) is 14.5 Å². The summed E-state index contributed by atoms with van der Waals surface area (Å²) in [6.07, 6.45) is 0.524. The van der Waals surface area contributed by atoms with Crippen LogP contribution in [0.5, 0.6) is 5.75 Å². The number of aromatic hydroxyl groups is 1. The van der Waals surface area contributed by atoms with Crippen LogP contribution in [-0.2, 0) is 0 Å². The number of anilines is 1. The summed E-state index contributed by atoms with van der Waals surface area (Å²) in [4.78, 5) is 19.5. The van der Waals surface area contributed by atoms with Crippen LogP contribution < -0.4 is 4.90 Å². The molecule has 0 saturated carbocycles. The third-order valence-corrected chi connectivity index (χ3v) is 7.21. The Kier molecular flexibility index (Phi) is 8.56. The fraction of sp³-hybridized carbons (Fsp3) is 0.367. The largest absolute Gasteiger partial charge is 0.508 e. The molecule has 0 aromatic heterocycles. The highest BCUT2D eigenvalue weighted by atomic mass is 19.1. The first-order valence-corrected chi connectivity index (χ1v) is 12.8. The number of rotatable bonds is 8. The van der Waals surface area contributed by atoms with Crippen LogP contribution >= 0.6 is 0 Å². The fourth-order valence-corrected chi connectivity index (χ4v) is 5.27. The van der Waals surface area contributed by atoms with Crippen molar-refractivity contribution in [1.29, 1.82) is 0 Å². The van der Waals surface area contributed by atoms with E-state index in [2.05, 4.69) is 23.6 Å². The molecule has 0 bridgehead atoms. The summed E-state index contributed by atoms with van der Waals surface area (Å²) >= 11 is 0. The molecule has 5 nitrogen and oxygen atoms in total. The van der Waals surface area contributed by atoms with Crippen LogP contribution in [0.3, 0.4) is 0 Å². The number of hydrogen-bond acceptors (Lipinski definition) is 4. The summed E-state index contributed by atoms with van der Waals surface area (Å²) < 4.78 is 26.6. The summed E-state index contributed by atoms with van der Waals surface area (Å²) in [6, 6.07) is 20.9. The number of hydrogen-bond donors (Lipinski definition) is 1. The lowest BCUT2D eigenvalue weighted by atomic mass is 9.92. The molecule has 1 N–H and O–H groups in total. The minimum atomic E-state index is -0.399. The van der Waals surface area contributed by atoms with Crippen molar-refractivity contribution >= 4 is 11.6 Å². The van der Waals surface area contributed by atoms with Gasteiger partial charge in [-0.1, -0.05) is 30.3 Å². The molecule has 1 heterocycles. The van der Waals surface area contributed by atoms with Crippen LogP contribution in [0.1, 0.15) is 47.8 Å². The van der Waals surface area contributed by atoms with Crippen molar-refractivity contribution in [3.05, 3.63) is 95.3 Å². The van der Waals surface area contributed by atoms with Gasteiger partial charge in [-0.3, -0.25) is 19.0 Å². The van der Waals surface area contributed by atoms with Crippen LogP contribution in [0.15, 0.2) is 72.8 Å². The van der Waals surface area contributed by atoms with E-state index in [-0.39, 0.29) is 36.5 Å². The van der Waals surface area contributed by atoms with Crippen molar-refractivity contribution in [3.63, 3.8) is 0 Å². The number of phenols is 1. The maximum Gasteiger partial charge on any atom is 0.258 e. The smallest absolute Gasteiger partial charge is 0.258 e. The molecule has 1 unspecified atom stereocenters. The summed E-state index contributed by atoms with van der Waals surface area (Å²) in [6.45, 7) is 6.29. The standard InChI is InChI=1S/C30H35F2N3O2/c1-21-20-35(22(2)19-34(21)15-7-14-31)29(24-9-5-13-28(36)17-24)23-8-4-10-25(16-23)30(37)33(3)27-12-6-11-26(32)18-27/h4-6,8-13,16-18,21-22,29,36H,7,14-15,19-20H2,1-3H3/t21-,22+,29?/m1/s1. The van der Waals surface area contributed by atoms with Crippen molar-refractivity contribution in [2.45, 2.75) is 38.4 Å². The van der Waals surface area contributed by atoms with E-state index >= 15 is 0 Å². The highest BCUT2D eigenvalue weighted by Gasteiger charge is 2.35. The predicted octanol–water partition coefficient (Wildman–Crippen LogP) is 5.65. The van der Waals surface area contributed by atoms with E-state index in [0.29, 0.717) is 17.7 Å². The van der Waals surface area contributed by atoms with Gasteiger partial charge in [0.15, 0.2) is 0 Å². The number of benzene rings is 3. The van der Waals surface area contributed by atoms with Gasteiger partial charge in [-0.05, 0) is 73.9 Å². The monoisotopic (exact) mass is 507 g/mol. The first-order chi connectivity index (χ1) is 17.8. The first-order valence-electron chi connectivity index (χ1n) is 12.8. The number of carbonyl (C=O) groups is 1. The molecule has 3 atom stereocenters. The maximum atomic E-state index is 13.8. The lowest BCUT2D eigenvalue weighted by Gasteiger charge is -2.47. The number of carbonyl (C=O) groups excluding carboxylic acids is 1. The van der Waals surface area contributed by atoms with Gasteiger partial charge in [-0.25, -0.2) is 4.39 Å². The molecule has 0 radical (unpaired) electrons. The van der Waals surface area contributed by atoms with Crippen molar-refractivity contribution in [2.75, 3.05) is 38.3 Å². The maximum absolute atomic E-state index is 13.8. The highest BCUT2D eigenvalue weighted by molar-refractivity contribution is 6.05. The van der Waals surface area contributed by atoms with Crippen LogP contribution in [-0.4, -0.2) is 66.3 Å². The van der Waals surface area contributed by atoms with Crippen molar-refractivity contribution in [1.82, 2.24) is 9.80 Å². The van der Waals surface area contributed by atoms with Gasteiger partial charge in [0, 0.05) is 50.0 Å². The van der Waals surface area contributed by atoms with E-state index in [9.17, 15) is 18.7 Å². The second-order valence-corrected chi connectivity index (χ2v) is 9.90. The lowest BCUT2D eigenvalue weighted by Crippen LogP contribution is -2.57. The third kappa shape index (κ3) is 6.17. The number of alkyl halides is 1. The predicted molar refractivity (Wildman–Crippen MR) is 143 cm³/mol. The summed E-state index contributed by atoms with van der Waals surface area (Å²) in [5.74, 6) is -0.453. The highest BCUT2D eigenvalue weighted by Crippen LogP contribution is 2.35. The Morgan fingerprint density at radius 1 is 1.00 bits per heavy atom. The zero-order valence-corrected chi connectivity index (χ0v) is 21.6. The normalized spacial score (nSPS) is 19.5. The van der Waals surface area contributed by atoms with Gasteiger partial charge in [0.2, 0.25) is 0 Å². The van der Waals surface area contributed by atoms with E-state index in [1.54, 1.807) is 37.4 Å². The van der Waals surface area contributed by atoms with Crippen LogP contribution in [0.2, 0.25) is 0 Å². The van der Waals surface area contributed by atoms with Gasteiger partial charge in [0.1, 0.15) is 11.6 Å². The van der Waals surface area contributed by atoms with Gasteiger partial charge in [-0.15, -0.1) is 0 Å². The molecule has 7 heteroatoms.